The van der Waals surface area contributed by atoms with Gasteiger partial charge in [-0.1, -0.05) is 22.6 Å². The first kappa shape index (κ1) is 19.8. The van der Waals surface area contributed by atoms with Crippen LogP contribution in [0.3, 0.4) is 0 Å². The maximum Gasteiger partial charge on any atom is 0.169 e. The third-order valence-electron chi connectivity index (χ3n) is 2.83. The Bertz CT molecular complexity index is 974. The van der Waals surface area contributed by atoms with E-state index in [0.29, 0.717) is 11.4 Å². The molecule has 0 saturated heterocycles. The molecule has 0 spiro atoms. The van der Waals surface area contributed by atoms with Crippen molar-refractivity contribution in [2.75, 3.05) is 12.0 Å². The minimum absolute atomic E-state index is 0.105. The van der Waals surface area contributed by atoms with Crippen LogP contribution < -0.4 is 4.74 Å². The summed E-state index contributed by atoms with van der Waals surface area (Å²) in [6, 6.07) is 0. The van der Waals surface area contributed by atoms with Crippen molar-refractivity contribution in [3.05, 3.63) is 46.1 Å². The number of hydrogen-bond donors (Lipinski definition) is 1. The lowest BCUT2D eigenvalue weighted by atomic mass is 10.6. The van der Waals surface area contributed by atoms with Crippen LogP contribution in [0, 0.1) is 0 Å². The van der Waals surface area contributed by atoms with Gasteiger partial charge in [-0.3, -0.25) is 0 Å². The molecule has 0 aromatic carbocycles. The fourth-order valence-corrected chi connectivity index (χ4v) is 2.52. The highest BCUT2D eigenvalue weighted by Crippen LogP contribution is 2.17. The molecule has 0 atom stereocenters. The second kappa shape index (κ2) is 9.29. The van der Waals surface area contributed by atoms with E-state index in [1.165, 1.54) is 16.9 Å². The number of methoxy groups -OCH3 is 1. The Morgan fingerprint density at radius 3 is 2.00 bits per heavy atom. The van der Waals surface area contributed by atoms with Crippen molar-refractivity contribution in [1.29, 1.82) is 0 Å². The van der Waals surface area contributed by atoms with E-state index >= 15 is 0 Å². The van der Waals surface area contributed by atoms with Gasteiger partial charge in [0.1, 0.15) is 0 Å². The van der Waals surface area contributed by atoms with E-state index in [9.17, 15) is 0 Å². The van der Waals surface area contributed by atoms with E-state index in [2.05, 4.69) is 74.6 Å². The van der Waals surface area contributed by atoms with Crippen LogP contribution >= 0.6 is 54.5 Å². The highest BCUT2D eigenvalue weighted by atomic mass is 127. The van der Waals surface area contributed by atoms with Gasteiger partial charge in [-0.2, -0.15) is 10.2 Å². The van der Waals surface area contributed by atoms with Gasteiger partial charge in [0.15, 0.2) is 22.8 Å². The Hall–Kier alpha value is -1.47. The van der Waals surface area contributed by atoms with Gasteiger partial charge in [-0.15, -0.1) is 0 Å². The first-order chi connectivity index (χ1) is 12.1. The maximum atomic E-state index is 9.00. The predicted octanol–water partition coefficient (Wildman–Crippen LogP) is 3.75. The van der Waals surface area contributed by atoms with Crippen LogP contribution in [0.2, 0.25) is 0 Å². The third kappa shape index (κ3) is 4.79. The van der Waals surface area contributed by atoms with Crippen LogP contribution in [0.25, 0.3) is 11.3 Å². The standard InChI is InChI=1S/C7H6BrN3O.C6H4BrN3O.CH3I/c1-12-5-2-9-7-6(8)3-10-11(7)4-5;7-5-2-9-10-3-4(11)1-8-6(5)10;1-2/h2-4H,1H3;1-3,11H;1H3. The number of ether oxygens (including phenoxy) is 1. The molecule has 0 fully saturated rings. The number of rotatable bonds is 1. The average Bonchev–Trinajstić information content (AvgIpc) is 3.20. The number of aromatic hydroxyl groups is 1. The summed E-state index contributed by atoms with van der Waals surface area (Å²) in [5.74, 6) is 0.797. The summed E-state index contributed by atoms with van der Waals surface area (Å²) < 4.78 is 9.84. The predicted molar refractivity (Wildman–Crippen MR) is 110 cm³/mol. The van der Waals surface area contributed by atoms with Crippen LogP contribution in [0.15, 0.2) is 46.1 Å². The van der Waals surface area contributed by atoms with E-state index in [-0.39, 0.29) is 5.75 Å². The lowest BCUT2D eigenvalue weighted by molar-refractivity contribution is 0.409. The normalized spacial score (nSPS) is 9.96. The third-order valence-corrected chi connectivity index (χ3v) is 3.94. The number of aromatic nitrogens is 6. The molecule has 0 bridgehead atoms. The van der Waals surface area contributed by atoms with Crippen molar-refractivity contribution < 1.29 is 9.84 Å². The van der Waals surface area contributed by atoms with Crippen LogP contribution in [0.5, 0.6) is 11.5 Å². The highest BCUT2D eigenvalue weighted by Gasteiger charge is 2.02. The van der Waals surface area contributed by atoms with Crippen LogP contribution in [-0.4, -0.2) is 46.3 Å². The first-order valence-corrected chi connectivity index (χ1v) is 10.4. The van der Waals surface area contributed by atoms with Crippen molar-refractivity contribution in [3.8, 4) is 11.5 Å². The lowest BCUT2D eigenvalue weighted by Crippen LogP contribution is -1.92. The molecule has 132 valence electrons. The van der Waals surface area contributed by atoms with E-state index in [4.69, 9.17) is 9.84 Å². The van der Waals surface area contributed by atoms with Gasteiger partial charge < -0.3 is 9.84 Å². The Morgan fingerprint density at radius 2 is 1.44 bits per heavy atom. The Balaban J connectivity index is 0.000000165. The SMILES string of the molecule is CI.COc1cnc2c(Br)cnn2c1.Oc1cnc2c(Br)cnn2c1. The molecule has 4 aromatic heterocycles. The number of hydrogen-bond acceptors (Lipinski definition) is 6. The van der Waals surface area contributed by atoms with Gasteiger partial charge in [0.2, 0.25) is 0 Å². The molecular weight excluding hydrogens is 571 g/mol. The number of halogens is 3. The van der Waals surface area contributed by atoms with Crippen LogP contribution in [-0.2, 0) is 0 Å². The van der Waals surface area contributed by atoms with Gasteiger partial charge >= 0.3 is 0 Å². The van der Waals surface area contributed by atoms with E-state index in [1.807, 2.05) is 4.93 Å². The molecule has 0 radical (unpaired) electrons. The summed E-state index contributed by atoms with van der Waals surface area (Å²) in [6.45, 7) is 0. The molecule has 11 heteroatoms. The minimum Gasteiger partial charge on any atom is -0.505 e. The van der Waals surface area contributed by atoms with Crippen LogP contribution in [0.1, 0.15) is 0 Å². The quantitative estimate of drug-likeness (QED) is 0.271. The smallest absolute Gasteiger partial charge is 0.169 e. The molecule has 0 saturated carbocycles. The summed E-state index contributed by atoms with van der Waals surface area (Å²) in [4.78, 5) is 10.1. The van der Waals surface area contributed by atoms with E-state index < -0.39 is 0 Å². The fraction of sp³-hybridized carbons (Fsp3) is 0.143. The molecule has 0 aliphatic rings. The molecule has 0 aliphatic carbocycles. The van der Waals surface area contributed by atoms with Crippen molar-refractivity contribution in [2.24, 2.45) is 0 Å². The van der Waals surface area contributed by atoms with Gasteiger partial charge in [0, 0.05) is 0 Å². The molecule has 4 rings (SSSR count). The van der Waals surface area contributed by atoms with Gasteiger partial charge in [0.05, 0.1) is 53.2 Å². The first-order valence-electron chi connectivity index (χ1n) is 6.67. The molecule has 4 aromatic rings. The average molecular weight is 584 g/mol. The second-order valence-electron chi connectivity index (χ2n) is 4.33. The van der Waals surface area contributed by atoms with E-state index in [1.54, 1.807) is 36.4 Å². The zero-order chi connectivity index (χ0) is 18.4. The molecule has 0 aliphatic heterocycles. The van der Waals surface area contributed by atoms with Crippen molar-refractivity contribution >= 4 is 65.7 Å². The molecule has 0 unspecified atom stereocenters. The zero-order valence-corrected chi connectivity index (χ0v) is 18.5. The fourth-order valence-electron chi connectivity index (χ4n) is 1.77. The summed E-state index contributed by atoms with van der Waals surface area (Å²) in [5, 5.41) is 17.0. The second-order valence-corrected chi connectivity index (χ2v) is 6.04. The van der Waals surface area contributed by atoms with Crippen molar-refractivity contribution in [1.82, 2.24) is 29.2 Å². The van der Waals surface area contributed by atoms with Crippen molar-refractivity contribution in [3.63, 3.8) is 0 Å². The molecule has 25 heavy (non-hydrogen) atoms. The summed E-state index contributed by atoms with van der Waals surface area (Å²) in [6.07, 6.45) is 9.62. The number of nitrogens with zero attached hydrogens (tertiary/aromatic N) is 6. The Kier molecular flexibility index (Phi) is 7.38. The monoisotopic (exact) mass is 582 g/mol. The zero-order valence-electron chi connectivity index (χ0n) is 13.1. The topological polar surface area (TPSA) is 89.8 Å². The lowest BCUT2D eigenvalue weighted by Gasteiger charge is -1.98. The number of fused-ring (bicyclic) bond motifs is 2. The largest absolute Gasteiger partial charge is 0.505 e. The number of alkyl halides is 1. The van der Waals surface area contributed by atoms with Gasteiger partial charge in [-0.25, -0.2) is 19.0 Å². The Morgan fingerprint density at radius 1 is 0.920 bits per heavy atom. The maximum absolute atomic E-state index is 9.00. The summed E-state index contributed by atoms with van der Waals surface area (Å²) >= 11 is 8.74. The molecule has 0 amide bonds. The van der Waals surface area contributed by atoms with Gasteiger partial charge in [-0.05, 0) is 36.8 Å². The van der Waals surface area contributed by atoms with Gasteiger partial charge in [0.25, 0.3) is 0 Å². The Labute approximate surface area is 173 Å². The highest BCUT2D eigenvalue weighted by molar-refractivity contribution is 14.1. The summed E-state index contributed by atoms with van der Waals surface area (Å²) in [7, 11) is 1.60. The summed E-state index contributed by atoms with van der Waals surface area (Å²) in [5.41, 5.74) is 1.48. The molecule has 8 nitrogen and oxygen atoms in total. The molecular formula is C14H13Br2IN6O2. The van der Waals surface area contributed by atoms with Crippen LogP contribution in [0.4, 0.5) is 0 Å². The molecule has 1 N–H and O–H groups in total. The molecule has 4 heterocycles. The minimum atomic E-state index is 0.105. The van der Waals surface area contributed by atoms with Crippen molar-refractivity contribution in [2.45, 2.75) is 0 Å². The van der Waals surface area contributed by atoms with E-state index in [0.717, 1.165) is 14.6 Å².